The van der Waals surface area contributed by atoms with Crippen LogP contribution in [0, 0.1) is 13.8 Å². The van der Waals surface area contributed by atoms with Gasteiger partial charge >= 0.3 is 0 Å². The standard InChI is InChI=1S/C21H25N5O2/c1-15(9-10-18-7-5-4-6-8-18)22-20(27)14-25-21(28)12-11-19(24-25)26-17(3)13-16(2)23-26/h4-8,11-13,15H,9-10,14H2,1-3H3,(H,22,27)/t15-/m1/s1. The van der Waals surface area contributed by atoms with E-state index in [1.54, 1.807) is 10.7 Å². The Morgan fingerprint density at radius 2 is 1.86 bits per heavy atom. The first kappa shape index (κ1) is 19.5. The molecule has 0 bridgehead atoms. The molecule has 7 heteroatoms. The highest BCUT2D eigenvalue weighted by Crippen LogP contribution is 2.08. The van der Waals surface area contributed by atoms with Gasteiger partial charge in [-0.15, -0.1) is 5.10 Å². The summed E-state index contributed by atoms with van der Waals surface area (Å²) in [7, 11) is 0. The fourth-order valence-electron chi connectivity index (χ4n) is 3.08. The van der Waals surface area contributed by atoms with Crippen molar-refractivity contribution >= 4 is 5.91 Å². The number of rotatable bonds is 7. The fourth-order valence-corrected chi connectivity index (χ4v) is 3.08. The number of carbonyl (C=O) groups excluding carboxylic acids is 1. The molecule has 3 rings (SSSR count). The van der Waals surface area contributed by atoms with Crippen molar-refractivity contribution in [3.63, 3.8) is 0 Å². The van der Waals surface area contributed by atoms with Crippen molar-refractivity contribution in [1.82, 2.24) is 24.9 Å². The van der Waals surface area contributed by atoms with Gasteiger partial charge in [-0.05, 0) is 51.3 Å². The molecule has 0 saturated heterocycles. The number of aryl methyl sites for hydroxylation is 3. The summed E-state index contributed by atoms with van der Waals surface area (Å²) in [5.74, 6) is 0.274. The lowest BCUT2D eigenvalue weighted by Gasteiger charge is -2.14. The van der Waals surface area contributed by atoms with Gasteiger partial charge in [0.25, 0.3) is 5.56 Å². The number of hydrogen-bond donors (Lipinski definition) is 1. The van der Waals surface area contributed by atoms with Gasteiger partial charge in [-0.2, -0.15) is 5.10 Å². The second kappa shape index (κ2) is 8.65. The minimum Gasteiger partial charge on any atom is -0.352 e. The Labute approximate surface area is 164 Å². The molecule has 1 N–H and O–H groups in total. The van der Waals surface area contributed by atoms with Crippen LogP contribution in [0.25, 0.3) is 5.82 Å². The fraction of sp³-hybridized carbons (Fsp3) is 0.333. The lowest BCUT2D eigenvalue weighted by Crippen LogP contribution is -2.38. The lowest BCUT2D eigenvalue weighted by atomic mass is 10.1. The zero-order chi connectivity index (χ0) is 20.1. The SMILES string of the molecule is Cc1cc(C)n(-c2ccc(=O)n(CC(=O)N[C@H](C)CCc3ccccc3)n2)n1. The van der Waals surface area contributed by atoms with E-state index in [1.807, 2.05) is 45.0 Å². The third-order valence-electron chi connectivity index (χ3n) is 4.49. The monoisotopic (exact) mass is 379 g/mol. The van der Waals surface area contributed by atoms with Crippen molar-refractivity contribution < 1.29 is 4.79 Å². The highest BCUT2D eigenvalue weighted by atomic mass is 16.2. The van der Waals surface area contributed by atoms with Crippen LogP contribution in [0.2, 0.25) is 0 Å². The van der Waals surface area contributed by atoms with E-state index in [4.69, 9.17) is 0 Å². The minimum absolute atomic E-state index is 0.00241. The Morgan fingerprint density at radius 1 is 1.11 bits per heavy atom. The number of benzene rings is 1. The smallest absolute Gasteiger partial charge is 0.267 e. The predicted molar refractivity (Wildman–Crippen MR) is 107 cm³/mol. The maximum Gasteiger partial charge on any atom is 0.267 e. The van der Waals surface area contributed by atoms with Crippen LogP contribution in [-0.4, -0.2) is 31.5 Å². The van der Waals surface area contributed by atoms with Crippen LogP contribution in [-0.2, 0) is 17.8 Å². The maximum absolute atomic E-state index is 12.4. The highest BCUT2D eigenvalue weighted by Gasteiger charge is 2.12. The van der Waals surface area contributed by atoms with Gasteiger partial charge in [-0.1, -0.05) is 30.3 Å². The Bertz CT molecular complexity index is 1010. The topological polar surface area (TPSA) is 81.8 Å². The number of amides is 1. The highest BCUT2D eigenvalue weighted by molar-refractivity contribution is 5.75. The number of aromatic nitrogens is 4. The van der Waals surface area contributed by atoms with Crippen molar-refractivity contribution in [2.24, 2.45) is 0 Å². The maximum atomic E-state index is 12.4. The van der Waals surface area contributed by atoms with Gasteiger partial charge in [0.1, 0.15) is 6.54 Å². The van der Waals surface area contributed by atoms with Crippen LogP contribution in [0.4, 0.5) is 0 Å². The van der Waals surface area contributed by atoms with Gasteiger partial charge in [-0.3, -0.25) is 9.59 Å². The minimum atomic E-state index is -0.322. The van der Waals surface area contributed by atoms with Crippen molar-refractivity contribution in [1.29, 1.82) is 0 Å². The molecule has 0 saturated carbocycles. The zero-order valence-corrected chi connectivity index (χ0v) is 16.4. The van der Waals surface area contributed by atoms with Gasteiger partial charge < -0.3 is 5.32 Å². The molecule has 1 amide bonds. The van der Waals surface area contributed by atoms with Gasteiger partial charge in [0.2, 0.25) is 5.91 Å². The van der Waals surface area contributed by atoms with Gasteiger partial charge in [0, 0.05) is 17.8 Å². The van der Waals surface area contributed by atoms with E-state index in [0.29, 0.717) is 5.82 Å². The Hall–Kier alpha value is -3.22. The average molecular weight is 379 g/mol. The molecular weight excluding hydrogens is 354 g/mol. The normalized spacial score (nSPS) is 12.0. The molecule has 0 aliphatic rings. The van der Waals surface area contributed by atoms with Crippen LogP contribution in [0.1, 0.15) is 30.3 Å². The number of nitrogens with one attached hydrogen (secondary N) is 1. The first-order chi connectivity index (χ1) is 13.4. The predicted octanol–water partition coefficient (Wildman–Crippen LogP) is 2.18. The van der Waals surface area contributed by atoms with Gasteiger partial charge in [0.15, 0.2) is 5.82 Å². The third-order valence-corrected chi connectivity index (χ3v) is 4.49. The molecule has 146 valence electrons. The summed E-state index contributed by atoms with van der Waals surface area (Å²) in [5.41, 5.74) is 2.69. The van der Waals surface area contributed by atoms with Gasteiger partial charge in [0.05, 0.1) is 5.69 Å². The molecule has 0 aliphatic heterocycles. The van der Waals surface area contributed by atoms with Crippen molar-refractivity contribution in [3.8, 4) is 5.82 Å². The molecule has 2 heterocycles. The van der Waals surface area contributed by atoms with Crippen molar-refractivity contribution in [2.75, 3.05) is 0 Å². The van der Waals surface area contributed by atoms with E-state index in [9.17, 15) is 9.59 Å². The summed E-state index contributed by atoms with van der Waals surface area (Å²) in [6.07, 6.45) is 1.71. The second-order valence-corrected chi connectivity index (χ2v) is 7.02. The molecular formula is C21H25N5O2. The molecule has 3 aromatic rings. The molecule has 1 atom stereocenters. The Morgan fingerprint density at radius 3 is 2.54 bits per heavy atom. The van der Waals surface area contributed by atoms with Crippen LogP contribution in [0.5, 0.6) is 0 Å². The molecule has 0 spiro atoms. The second-order valence-electron chi connectivity index (χ2n) is 7.02. The molecule has 7 nitrogen and oxygen atoms in total. The summed E-state index contributed by atoms with van der Waals surface area (Å²) in [4.78, 5) is 24.5. The Balaban J connectivity index is 1.62. The van der Waals surface area contributed by atoms with E-state index in [1.165, 1.54) is 16.3 Å². The number of hydrogen-bond acceptors (Lipinski definition) is 4. The largest absolute Gasteiger partial charge is 0.352 e. The first-order valence-electron chi connectivity index (χ1n) is 9.37. The molecule has 0 radical (unpaired) electrons. The zero-order valence-electron chi connectivity index (χ0n) is 16.4. The molecule has 0 aliphatic carbocycles. The van der Waals surface area contributed by atoms with E-state index in [0.717, 1.165) is 24.2 Å². The van der Waals surface area contributed by atoms with Crippen LogP contribution in [0.15, 0.2) is 53.3 Å². The van der Waals surface area contributed by atoms with Crippen LogP contribution < -0.4 is 10.9 Å². The molecule has 0 fully saturated rings. The quantitative estimate of drug-likeness (QED) is 0.682. The Kier molecular flexibility index (Phi) is 6.03. The van der Waals surface area contributed by atoms with E-state index in [2.05, 4.69) is 27.6 Å². The average Bonchev–Trinajstić information content (AvgIpc) is 3.01. The van der Waals surface area contributed by atoms with Crippen LogP contribution in [0.3, 0.4) is 0 Å². The van der Waals surface area contributed by atoms with Crippen LogP contribution >= 0.6 is 0 Å². The molecule has 2 aromatic heterocycles. The summed E-state index contributed by atoms with van der Waals surface area (Å²) in [5, 5.41) is 11.6. The molecule has 1 aromatic carbocycles. The molecule has 28 heavy (non-hydrogen) atoms. The lowest BCUT2D eigenvalue weighted by molar-refractivity contribution is -0.122. The summed E-state index contributed by atoms with van der Waals surface area (Å²) >= 11 is 0. The van der Waals surface area contributed by atoms with E-state index in [-0.39, 0.29) is 24.1 Å². The third kappa shape index (κ3) is 4.94. The van der Waals surface area contributed by atoms with E-state index >= 15 is 0 Å². The van der Waals surface area contributed by atoms with E-state index < -0.39 is 0 Å². The molecule has 0 unspecified atom stereocenters. The summed E-state index contributed by atoms with van der Waals surface area (Å²) in [6.45, 7) is 5.65. The van der Waals surface area contributed by atoms with Crippen molar-refractivity contribution in [3.05, 3.63) is 75.8 Å². The summed E-state index contributed by atoms with van der Waals surface area (Å²) in [6, 6.07) is 15.1. The number of carbonyl (C=O) groups is 1. The summed E-state index contributed by atoms with van der Waals surface area (Å²) < 4.78 is 2.83. The number of nitrogens with zero attached hydrogens (tertiary/aromatic N) is 4. The van der Waals surface area contributed by atoms with Gasteiger partial charge in [-0.25, -0.2) is 9.36 Å². The first-order valence-corrected chi connectivity index (χ1v) is 9.37. The van der Waals surface area contributed by atoms with Crippen molar-refractivity contribution in [2.45, 2.75) is 46.2 Å².